The second kappa shape index (κ2) is 9.80. The molecule has 7 heteroatoms. The molecule has 0 bridgehead atoms. The van der Waals surface area contributed by atoms with E-state index in [-0.39, 0.29) is 17.7 Å². The smallest absolute Gasteiger partial charge is 0.240 e. The molecule has 1 aliphatic heterocycles. The van der Waals surface area contributed by atoms with Crippen LogP contribution in [0.1, 0.15) is 39.7 Å². The largest absolute Gasteiger partial charge is 0.508 e. The molecule has 4 N–H and O–H groups in total. The summed E-state index contributed by atoms with van der Waals surface area (Å²) < 4.78 is 0. The molecule has 0 saturated heterocycles. The Hall–Kier alpha value is -3.61. The van der Waals surface area contributed by atoms with Crippen LogP contribution in [0.5, 0.6) is 5.75 Å². The van der Waals surface area contributed by atoms with E-state index in [0.717, 1.165) is 27.8 Å². The van der Waals surface area contributed by atoms with E-state index in [1.807, 2.05) is 61.2 Å². The van der Waals surface area contributed by atoms with E-state index in [2.05, 4.69) is 17.1 Å². The SMILES string of the molecule is Cc1cc(O)cc(C)c1C[C@H](N)C(=O)N1Cc2ccccc2C[C@H]1c1nc(-c2ccccc2)c(Cl)[nH]1. The number of aromatic hydroxyl groups is 1. The Kier molecular flexibility index (Phi) is 6.56. The molecule has 0 aliphatic carbocycles. The molecular weight excluding hydrogens is 472 g/mol. The van der Waals surface area contributed by atoms with Gasteiger partial charge in [0.25, 0.3) is 0 Å². The third-order valence-electron chi connectivity index (χ3n) is 6.99. The van der Waals surface area contributed by atoms with Crippen LogP contribution in [-0.2, 0) is 24.2 Å². The molecule has 0 radical (unpaired) electrons. The Morgan fingerprint density at radius 2 is 1.75 bits per heavy atom. The van der Waals surface area contributed by atoms with Crippen molar-refractivity contribution in [2.24, 2.45) is 5.73 Å². The molecule has 184 valence electrons. The second-order valence-corrected chi connectivity index (χ2v) is 9.85. The molecule has 0 unspecified atom stereocenters. The predicted molar refractivity (Wildman–Crippen MR) is 142 cm³/mol. The van der Waals surface area contributed by atoms with Gasteiger partial charge in [-0.2, -0.15) is 0 Å². The molecule has 3 aromatic carbocycles. The fourth-order valence-corrected chi connectivity index (χ4v) is 5.37. The van der Waals surface area contributed by atoms with Crippen molar-refractivity contribution < 1.29 is 9.90 Å². The lowest BCUT2D eigenvalue weighted by molar-refractivity contribution is -0.136. The summed E-state index contributed by atoms with van der Waals surface area (Å²) >= 11 is 6.58. The first-order valence-electron chi connectivity index (χ1n) is 12.0. The zero-order valence-corrected chi connectivity index (χ0v) is 21.1. The van der Waals surface area contributed by atoms with Gasteiger partial charge in [0.2, 0.25) is 5.91 Å². The van der Waals surface area contributed by atoms with E-state index in [1.165, 1.54) is 5.56 Å². The summed E-state index contributed by atoms with van der Waals surface area (Å²) in [5.41, 5.74) is 13.2. The summed E-state index contributed by atoms with van der Waals surface area (Å²) in [5.74, 6) is 0.714. The Morgan fingerprint density at radius 3 is 2.44 bits per heavy atom. The molecule has 1 amide bonds. The molecule has 1 aliphatic rings. The highest BCUT2D eigenvalue weighted by atomic mass is 35.5. The van der Waals surface area contributed by atoms with Crippen LogP contribution in [0, 0.1) is 13.8 Å². The number of aryl methyl sites for hydroxylation is 2. The fraction of sp³-hybridized carbons (Fsp3) is 0.241. The van der Waals surface area contributed by atoms with Crippen LogP contribution < -0.4 is 5.73 Å². The Labute approximate surface area is 215 Å². The van der Waals surface area contributed by atoms with Crippen molar-refractivity contribution in [3.8, 4) is 17.0 Å². The van der Waals surface area contributed by atoms with Gasteiger partial charge in [-0.15, -0.1) is 0 Å². The number of carbonyl (C=O) groups excluding carboxylic acids is 1. The van der Waals surface area contributed by atoms with Gasteiger partial charge >= 0.3 is 0 Å². The maximum atomic E-state index is 13.8. The van der Waals surface area contributed by atoms with E-state index in [1.54, 1.807) is 12.1 Å². The predicted octanol–water partition coefficient (Wildman–Crippen LogP) is 5.25. The number of benzene rings is 3. The van der Waals surface area contributed by atoms with Gasteiger partial charge in [0.15, 0.2) is 0 Å². The highest BCUT2D eigenvalue weighted by Crippen LogP contribution is 2.36. The van der Waals surface area contributed by atoms with Crippen LogP contribution in [0.4, 0.5) is 0 Å². The number of nitrogens with zero attached hydrogens (tertiary/aromatic N) is 2. The number of imidazole rings is 1. The Bertz CT molecular complexity index is 1390. The quantitative estimate of drug-likeness (QED) is 0.349. The lowest BCUT2D eigenvalue weighted by Gasteiger charge is -2.37. The third-order valence-corrected chi connectivity index (χ3v) is 7.27. The van der Waals surface area contributed by atoms with Crippen LogP contribution in [0.25, 0.3) is 11.3 Å². The van der Waals surface area contributed by atoms with Crippen molar-refractivity contribution >= 4 is 17.5 Å². The molecule has 2 heterocycles. The molecule has 5 rings (SSSR count). The van der Waals surface area contributed by atoms with Gasteiger partial charge in [0.1, 0.15) is 22.4 Å². The first kappa shape index (κ1) is 24.1. The van der Waals surface area contributed by atoms with Gasteiger partial charge < -0.3 is 20.7 Å². The number of aromatic amines is 1. The van der Waals surface area contributed by atoms with Crippen LogP contribution in [0.3, 0.4) is 0 Å². The van der Waals surface area contributed by atoms with E-state index in [4.69, 9.17) is 22.3 Å². The van der Waals surface area contributed by atoms with Crippen LogP contribution in [0.15, 0.2) is 66.7 Å². The number of phenolic OH excluding ortho intramolecular Hbond substituents is 1. The average Bonchev–Trinajstić information content (AvgIpc) is 3.26. The van der Waals surface area contributed by atoms with E-state index in [0.29, 0.717) is 36.1 Å². The van der Waals surface area contributed by atoms with Crippen molar-refractivity contribution in [2.45, 2.75) is 45.3 Å². The molecule has 2 atom stereocenters. The summed E-state index contributed by atoms with van der Waals surface area (Å²) in [5, 5.41) is 10.3. The number of rotatable bonds is 5. The van der Waals surface area contributed by atoms with Gasteiger partial charge in [0.05, 0.1) is 12.1 Å². The number of fused-ring (bicyclic) bond motifs is 1. The highest BCUT2D eigenvalue weighted by molar-refractivity contribution is 6.31. The average molecular weight is 501 g/mol. The van der Waals surface area contributed by atoms with Gasteiger partial charge in [-0.25, -0.2) is 4.98 Å². The number of H-pyrrole nitrogens is 1. The summed E-state index contributed by atoms with van der Waals surface area (Å²) in [6.07, 6.45) is 1.000. The van der Waals surface area contributed by atoms with Crippen molar-refractivity contribution in [3.05, 3.63) is 106 Å². The lowest BCUT2D eigenvalue weighted by atomic mass is 9.91. The molecule has 0 saturated carbocycles. The molecule has 6 nitrogen and oxygen atoms in total. The number of hydrogen-bond donors (Lipinski definition) is 3. The van der Waals surface area contributed by atoms with E-state index in [9.17, 15) is 9.90 Å². The van der Waals surface area contributed by atoms with Gasteiger partial charge in [0, 0.05) is 18.5 Å². The summed E-state index contributed by atoms with van der Waals surface area (Å²) in [6, 6.07) is 20.3. The monoisotopic (exact) mass is 500 g/mol. The Balaban J connectivity index is 1.48. The summed E-state index contributed by atoms with van der Waals surface area (Å²) in [7, 11) is 0. The molecule has 36 heavy (non-hydrogen) atoms. The molecule has 4 aromatic rings. The number of halogens is 1. The minimum absolute atomic E-state index is 0.143. The maximum absolute atomic E-state index is 13.8. The lowest BCUT2D eigenvalue weighted by Crippen LogP contribution is -2.48. The third kappa shape index (κ3) is 4.62. The van der Waals surface area contributed by atoms with Crippen molar-refractivity contribution in [1.29, 1.82) is 0 Å². The molecule has 0 fully saturated rings. The number of nitrogens with two attached hydrogens (primary N) is 1. The number of hydrogen-bond acceptors (Lipinski definition) is 4. The standard InChI is InChI=1S/C29H29ClN4O2/c1-17-12-22(35)13-18(2)23(17)15-24(31)29(36)34-16-21-11-7-6-10-20(21)14-25(34)28-32-26(27(30)33-28)19-8-4-3-5-9-19/h3-13,24-25,35H,14-16,31H2,1-2H3,(H,32,33)/t24-,25-/m0/s1. The van der Waals surface area contributed by atoms with Gasteiger partial charge in [-0.3, -0.25) is 4.79 Å². The van der Waals surface area contributed by atoms with Gasteiger partial charge in [-0.05, 0) is 60.2 Å². The number of carbonyl (C=O) groups is 1. The minimum atomic E-state index is -0.737. The molecular formula is C29H29ClN4O2. The first-order chi connectivity index (χ1) is 17.3. The van der Waals surface area contributed by atoms with Crippen molar-refractivity contribution in [2.75, 3.05) is 0 Å². The van der Waals surface area contributed by atoms with Crippen LogP contribution in [-0.4, -0.2) is 31.9 Å². The van der Waals surface area contributed by atoms with E-state index < -0.39 is 6.04 Å². The van der Waals surface area contributed by atoms with Crippen LogP contribution >= 0.6 is 11.6 Å². The zero-order valence-electron chi connectivity index (χ0n) is 20.3. The van der Waals surface area contributed by atoms with Crippen molar-refractivity contribution in [1.82, 2.24) is 14.9 Å². The highest BCUT2D eigenvalue weighted by Gasteiger charge is 2.35. The normalized spacial score (nSPS) is 16.0. The number of nitrogens with one attached hydrogen (secondary N) is 1. The summed E-state index contributed by atoms with van der Waals surface area (Å²) in [6.45, 7) is 4.30. The number of aromatic nitrogens is 2. The first-order valence-corrected chi connectivity index (χ1v) is 12.4. The Morgan fingerprint density at radius 1 is 1.11 bits per heavy atom. The number of amides is 1. The second-order valence-electron chi connectivity index (χ2n) is 9.47. The fourth-order valence-electron chi connectivity index (χ4n) is 5.13. The van der Waals surface area contributed by atoms with Gasteiger partial charge in [-0.1, -0.05) is 66.2 Å². The molecule has 1 aromatic heterocycles. The minimum Gasteiger partial charge on any atom is -0.508 e. The van der Waals surface area contributed by atoms with E-state index >= 15 is 0 Å². The topological polar surface area (TPSA) is 95.2 Å². The molecule has 0 spiro atoms. The number of phenols is 1. The zero-order chi connectivity index (χ0) is 25.4. The van der Waals surface area contributed by atoms with Crippen molar-refractivity contribution in [3.63, 3.8) is 0 Å². The summed E-state index contributed by atoms with van der Waals surface area (Å²) in [4.78, 5) is 23.7. The maximum Gasteiger partial charge on any atom is 0.240 e. The van der Waals surface area contributed by atoms with Crippen LogP contribution in [0.2, 0.25) is 5.15 Å².